The number of hydrogen-bond donors (Lipinski definition) is 3. The summed E-state index contributed by atoms with van der Waals surface area (Å²) >= 11 is 0. The second-order valence-corrected chi connectivity index (χ2v) is 6.31. The van der Waals surface area contributed by atoms with Crippen molar-refractivity contribution in [3.63, 3.8) is 0 Å². The smallest absolute Gasteiger partial charge is 0.311 e. The van der Waals surface area contributed by atoms with E-state index in [1.165, 1.54) is 0 Å². The lowest BCUT2D eigenvalue weighted by Crippen LogP contribution is -2.35. The van der Waals surface area contributed by atoms with Crippen LogP contribution in [0.1, 0.15) is 37.6 Å². The quantitative estimate of drug-likeness (QED) is 0.570. The molecule has 1 aromatic rings. The molecule has 0 saturated carbocycles. The van der Waals surface area contributed by atoms with E-state index in [0.29, 0.717) is 0 Å². The number of aliphatic hydroxyl groups excluding tert-OH is 2. The number of aliphatic hydroxyl groups is 2. The third kappa shape index (κ3) is 3.66. The largest absolute Gasteiger partial charge is 0.462 e. The molecular formula is C13H20N4O6. The Kier molecular flexibility index (Phi) is 4.68. The minimum atomic E-state index is -1.32. The van der Waals surface area contributed by atoms with E-state index in [4.69, 9.17) is 15.2 Å². The predicted molar refractivity (Wildman–Crippen MR) is 74.9 cm³/mol. The minimum absolute atomic E-state index is 0.220. The first-order valence-electron chi connectivity index (χ1n) is 7.01. The van der Waals surface area contributed by atoms with Crippen molar-refractivity contribution in [2.45, 2.75) is 45.3 Å². The lowest BCUT2D eigenvalue weighted by atomic mass is 9.97. The molecule has 0 aromatic carbocycles. The van der Waals surface area contributed by atoms with E-state index in [9.17, 15) is 19.8 Å². The van der Waals surface area contributed by atoms with E-state index in [2.05, 4.69) is 10.1 Å². The molecule has 1 aliphatic rings. The van der Waals surface area contributed by atoms with Crippen LogP contribution in [0.2, 0.25) is 0 Å². The maximum Gasteiger partial charge on any atom is 0.311 e. The number of carbonyl (C=O) groups is 2. The molecule has 0 radical (unpaired) electrons. The van der Waals surface area contributed by atoms with Crippen LogP contribution < -0.4 is 5.73 Å². The van der Waals surface area contributed by atoms with Crippen LogP contribution in [-0.4, -0.2) is 61.8 Å². The van der Waals surface area contributed by atoms with E-state index in [1.54, 1.807) is 20.8 Å². The molecule has 4 N–H and O–H groups in total. The summed E-state index contributed by atoms with van der Waals surface area (Å²) in [6.45, 7) is 4.86. The van der Waals surface area contributed by atoms with Crippen molar-refractivity contribution in [3.05, 3.63) is 12.2 Å². The predicted octanol–water partition coefficient (Wildman–Crippen LogP) is -1.41. The lowest BCUT2D eigenvalue weighted by molar-refractivity contribution is -0.159. The summed E-state index contributed by atoms with van der Waals surface area (Å²) in [5.41, 5.74) is 4.36. The Morgan fingerprint density at radius 1 is 1.39 bits per heavy atom. The molecule has 1 aliphatic heterocycles. The molecule has 1 amide bonds. The molecule has 23 heavy (non-hydrogen) atoms. The molecule has 2 unspecified atom stereocenters. The number of primary amides is 1. The molecule has 128 valence electrons. The van der Waals surface area contributed by atoms with E-state index >= 15 is 0 Å². The number of aromatic nitrogens is 3. The number of amides is 1. The van der Waals surface area contributed by atoms with Gasteiger partial charge in [-0.3, -0.25) is 9.59 Å². The number of nitrogens with zero attached hydrogens (tertiary/aromatic N) is 3. The first-order valence-corrected chi connectivity index (χ1v) is 7.01. The molecule has 1 aromatic heterocycles. The fourth-order valence-electron chi connectivity index (χ4n) is 1.97. The van der Waals surface area contributed by atoms with Gasteiger partial charge in [0.2, 0.25) is 5.82 Å². The zero-order valence-electron chi connectivity index (χ0n) is 13.0. The van der Waals surface area contributed by atoms with Gasteiger partial charge < -0.3 is 25.4 Å². The van der Waals surface area contributed by atoms with Gasteiger partial charge in [0, 0.05) is 0 Å². The molecule has 1 saturated heterocycles. The number of nitrogens with two attached hydrogens (primary N) is 1. The van der Waals surface area contributed by atoms with Crippen LogP contribution in [0.3, 0.4) is 0 Å². The van der Waals surface area contributed by atoms with E-state index in [1.807, 2.05) is 0 Å². The Hall–Kier alpha value is -2.04. The van der Waals surface area contributed by atoms with Gasteiger partial charge in [-0.05, 0) is 20.8 Å². The fraction of sp³-hybridized carbons (Fsp3) is 0.692. The van der Waals surface area contributed by atoms with Crippen LogP contribution in [0.25, 0.3) is 0 Å². The van der Waals surface area contributed by atoms with Crippen molar-refractivity contribution in [2.24, 2.45) is 11.1 Å². The van der Waals surface area contributed by atoms with Gasteiger partial charge in [0.1, 0.15) is 31.2 Å². The van der Waals surface area contributed by atoms with Crippen molar-refractivity contribution in [2.75, 3.05) is 6.61 Å². The highest BCUT2D eigenvalue weighted by Gasteiger charge is 2.45. The first kappa shape index (κ1) is 17.3. The molecule has 4 atom stereocenters. The Balaban J connectivity index is 2.03. The van der Waals surface area contributed by atoms with E-state index in [-0.39, 0.29) is 12.4 Å². The Bertz CT molecular complexity index is 596. The average molecular weight is 328 g/mol. The Morgan fingerprint density at radius 2 is 2.04 bits per heavy atom. The molecule has 10 nitrogen and oxygen atoms in total. The molecule has 1 fully saturated rings. The summed E-state index contributed by atoms with van der Waals surface area (Å²) < 4.78 is 11.6. The lowest BCUT2D eigenvalue weighted by Gasteiger charge is -2.20. The maximum atomic E-state index is 11.7. The molecule has 0 spiro atoms. The maximum absolute atomic E-state index is 11.7. The van der Waals surface area contributed by atoms with Gasteiger partial charge in [-0.2, -0.15) is 0 Å². The zero-order valence-corrected chi connectivity index (χ0v) is 13.0. The second-order valence-electron chi connectivity index (χ2n) is 6.31. The summed E-state index contributed by atoms with van der Waals surface area (Å²) in [5, 5.41) is 23.8. The van der Waals surface area contributed by atoms with Crippen LogP contribution in [0.15, 0.2) is 6.33 Å². The van der Waals surface area contributed by atoms with Gasteiger partial charge in [-0.15, -0.1) is 5.10 Å². The van der Waals surface area contributed by atoms with Gasteiger partial charge in [0.05, 0.1) is 5.41 Å². The second kappa shape index (κ2) is 6.22. The molecule has 2 heterocycles. The van der Waals surface area contributed by atoms with Crippen LogP contribution in [0.4, 0.5) is 0 Å². The number of carbonyl (C=O) groups excluding carboxylic acids is 2. The average Bonchev–Trinajstić information content (AvgIpc) is 3.03. The van der Waals surface area contributed by atoms with Crippen LogP contribution in [-0.2, 0) is 14.3 Å². The number of rotatable bonds is 4. The van der Waals surface area contributed by atoms with Crippen LogP contribution in [0.5, 0.6) is 0 Å². The number of esters is 1. The standard InChI is InChI=1S/C13H20N4O6/c1-13(2,3)12(21)22-4-6-7(18)8(19)11(23-6)17-5-15-10(16-17)9(14)20/h5-8,11,18-19H,4H2,1-3H3,(H2,14,20)/t6-,7?,8?,11-/m1/s1. The van der Waals surface area contributed by atoms with Crippen LogP contribution in [0, 0.1) is 5.41 Å². The highest BCUT2D eigenvalue weighted by Crippen LogP contribution is 2.29. The van der Waals surface area contributed by atoms with Crippen molar-refractivity contribution in [1.82, 2.24) is 14.8 Å². The molecule has 0 bridgehead atoms. The molecule has 0 aliphatic carbocycles. The number of hydrogen-bond acceptors (Lipinski definition) is 8. The molecular weight excluding hydrogens is 308 g/mol. The normalized spacial score (nSPS) is 27.9. The summed E-state index contributed by atoms with van der Waals surface area (Å²) in [6, 6.07) is 0. The highest BCUT2D eigenvalue weighted by molar-refractivity contribution is 5.88. The summed E-state index contributed by atoms with van der Waals surface area (Å²) in [4.78, 5) is 26.4. The zero-order chi connectivity index (χ0) is 17.4. The highest BCUT2D eigenvalue weighted by atomic mass is 16.6. The third-order valence-electron chi connectivity index (χ3n) is 3.32. The fourth-order valence-corrected chi connectivity index (χ4v) is 1.97. The van der Waals surface area contributed by atoms with Gasteiger partial charge in [0.15, 0.2) is 6.23 Å². The summed E-state index contributed by atoms with van der Waals surface area (Å²) in [5.74, 6) is -1.52. The van der Waals surface area contributed by atoms with E-state index in [0.717, 1.165) is 11.0 Å². The first-order chi connectivity index (χ1) is 10.6. The minimum Gasteiger partial charge on any atom is -0.462 e. The topological polar surface area (TPSA) is 150 Å². The van der Waals surface area contributed by atoms with E-state index < -0.39 is 41.8 Å². The summed E-state index contributed by atoms with van der Waals surface area (Å²) in [6.07, 6.45) is -3.44. The van der Waals surface area contributed by atoms with Crippen molar-refractivity contribution in [1.29, 1.82) is 0 Å². The van der Waals surface area contributed by atoms with Gasteiger partial charge in [-0.25, -0.2) is 9.67 Å². The van der Waals surface area contributed by atoms with Crippen molar-refractivity contribution in [3.8, 4) is 0 Å². The Labute approximate surface area is 132 Å². The third-order valence-corrected chi connectivity index (χ3v) is 3.32. The summed E-state index contributed by atoms with van der Waals surface area (Å²) in [7, 11) is 0. The monoisotopic (exact) mass is 328 g/mol. The molecule has 2 rings (SSSR count). The van der Waals surface area contributed by atoms with Gasteiger partial charge in [0.25, 0.3) is 5.91 Å². The van der Waals surface area contributed by atoms with Gasteiger partial charge >= 0.3 is 5.97 Å². The van der Waals surface area contributed by atoms with Crippen molar-refractivity contribution < 1.29 is 29.3 Å². The van der Waals surface area contributed by atoms with Crippen molar-refractivity contribution >= 4 is 11.9 Å². The van der Waals surface area contributed by atoms with Gasteiger partial charge in [-0.1, -0.05) is 0 Å². The number of ether oxygens (including phenoxy) is 2. The molecule has 10 heteroatoms. The SMILES string of the molecule is CC(C)(C)C(=O)OC[C@H]1O[C@@H](n2cnc(C(N)=O)n2)C(O)C1O. The Morgan fingerprint density at radius 3 is 2.57 bits per heavy atom. The van der Waals surface area contributed by atoms with Crippen LogP contribution >= 0.6 is 0 Å².